The average Bonchev–Trinajstić information content (AvgIpc) is 3.25. The normalized spacial score (nSPS) is 15.6. The SMILES string of the molecule is CC(=O)OCNC(=O)c1c(C)cc(N=C=O)c(N=C=O)c1C(F)(F)C(F)(F)C(F)(F)C(F)(F)C(F)(F)C(F)(F)C(F)(F)C(F)(F)C(F)(F)C(F)(F)C(F)(F)C(F)(F)C(F)(F)C(F)(F)C(F)(F)C(F)(F)C(F)(F)C(F)(F)C(F)(F)F. The number of benzene rings is 1. The largest absolute Gasteiger partial charge is 0.460 e. The minimum Gasteiger partial charge on any atom is -0.445 e. The van der Waals surface area contributed by atoms with Gasteiger partial charge in [-0.3, -0.25) is 9.59 Å². The number of nitrogens with zero attached hydrogens (tertiary/aromatic N) is 2. The molecule has 0 bridgehead atoms. The molecule has 1 aromatic rings. The molecule has 0 heterocycles. The fraction of sp³-hybridized carbons (Fsp3) is 0.688. The highest BCUT2D eigenvalue weighted by Crippen LogP contribution is 2.71. The Morgan fingerprint density at radius 2 is 0.658 bits per heavy atom. The predicted octanol–water partition coefficient (Wildman–Crippen LogP) is 13.6. The standard InChI is InChI=1S/C32H10F39N3O5/c1-7-3-9(72-4-75)12(73-5-76)11(10(7)13(78)74-6-79-8(2)77)14(33,34)15(35,36)16(37,38)17(39,40)18(41,42)19(43,44)20(45,46)21(47,48)22(49,50)23(51,52)24(53,54)25(55,56)26(57,58)27(59,60)28(61,62)29(63,64)30(65,66)31(67,68)32(69,70)71/h3H,6H2,1-2H3,(H,74,78). The van der Waals surface area contributed by atoms with Gasteiger partial charge in [-0.25, -0.2) is 9.59 Å². The number of amides is 1. The second kappa shape index (κ2) is 19.4. The highest BCUT2D eigenvalue weighted by Gasteiger charge is 3.03. The number of carbonyl (C=O) groups is 2. The molecule has 0 fully saturated rings. The number of rotatable bonds is 23. The summed E-state index contributed by atoms with van der Waals surface area (Å²) in [6.45, 7) is -1.24. The summed E-state index contributed by atoms with van der Waals surface area (Å²) in [5.41, 5.74) is -12.9. The lowest BCUT2D eigenvalue weighted by Gasteiger charge is -2.47. The lowest BCUT2D eigenvalue weighted by molar-refractivity contribution is -0.495. The van der Waals surface area contributed by atoms with E-state index in [1.807, 2.05) is 4.99 Å². The number of aliphatic imine (C=N–C) groups is 2. The van der Waals surface area contributed by atoms with Crippen molar-refractivity contribution in [3.8, 4) is 0 Å². The van der Waals surface area contributed by atoms with Crippen LogP contribution in [0.25, 0.3) is 0 Å². The first-order chi connectivity index (χ1) is 34.1. The molecule has 1 rings (SSSR count). The van der Waals surface area contributed by atoms with Crippen LogP contribution in [0.3, 0.4) is 0 Å². The first kappa shape index (κ1) is 71.2. The van der Waals surface area contributed by atoms with E-state index in [1.165, 1.54) is 0 Å². The number of halogens is 39. The number of hydrogen-bond donors (Lipinski definition) is 1. The zero-order chi connectivity index (χ0) is 64.2. The molecule has 0 aliphatic heterocycles. The second-order valence-electron chi connectivity index (χ2n) is 14.8. The molecule has 0 saturated heterocycles. The fourth-order valence-corrected chi connectivity index (χ4v) is 5.46. The highest BCUT2D eigenvalue weighted by molar-refractivity contribution is 6.00. The predicted molar refractivity (Wildman–Crippen MR) is 165 cm³/mol. The lowest BCUT2D eigenvalue weighted by atomic mass is 9.81. The van der Waals surface area contributed by atoms with E-state index in [-0.39, 0.29) is 25.1 Å². The fourth-order valence-electron chi connectivity index (χ4n) is 5.46. The Morgan fingerprint density at radius 3 is 0.886 bits per heavy atom. The Kier molecular flexibility index (Phi) is 17.5. The van der Waals surface area contributed by atoms with Gasteiger partial charge in [0.15, 0.2) is 6.73 Å². The third-order valence-electron chi connectivity index (χ3n) is 9.91. The van der Waals surface area contributed by atoms with Crippen LogP contribution in [0.4, 0.5) is 183 Å². The number of esters is 1. The summed E-state index contributed by atoms with van der Waals surface area (Å²) in [7, 11) is 0. The number of ether oxygens (including phenoxy) is 1. The van der Waals surface area contributed by atoms with E-state index in [0.29, 0.717) is 6.92 Å². The molecular weight excluding hydrogens is 1250 g/mol. The van der Waals surface area contributed by atoms with Crippen LogP contribution in [0, 0.1) is 6.92 Å². The van der Waals surface area contributed by atoms with Gasteiger partial charge in [-0.15, -0.1) is 0 Å². The van der Waals surface area contributed by atoms with Gasteiger partial charge < -0.3 is 10.1 Å². The van der Waals surface area contributed by atoms with E-state index >= 15 is 26.3 Å². The van der Waals surface area contributed by atoms with Gasteiger partial charge in [0.1, 0.15) is 11.4 Å². The average molecular weight is 1260 g/mol. The molecule has 47 heteroatoms. The van der Waals surface area contributed by atoms with Crippen LogP contribution in [0.1, 0.15) is 28.4 Å². The van der Waals surface area contributed by atoms with E-state index in [2.05, 4.69) is 9.73 Å². The maximum absolute atomic E-state index is 15.8. The molecule has 0 saturated carbocycles. The minimum absolute atomic E-state index is 0.000239. The molecule has 0 aromatic heterocycles. The molecule has 1 N–H and O–H groups in total. The Morgan fingerprint density at radius 1 is 0.418 bits per heavy atom. The van der Waals surface area contributed by atoms with Gasteiger partial charge in [0.2, 0.25) is 12.2 Å². The van der Waals surface area contributed by atoms with E-state index in [0.717, 1.165) is 5.32 Å². The molecule has 8 nitrogen and oxygen atoms in total. The van der Waals surface area contributed by atoms with Crippen LogP contribution in [0.2, 0.25) is 0 Å². The molecule has 0 aliphatic rings. The first-order valence-electron chi connectivity index (χ1n) is 17.8. The topological polar surface area (TPSA) is 114 Å². The van der Waals surface area contributed by atoms with Gasteiger partial charge >= 0.3 is 119 Å². The minimum atomic E-state index is -10.7. The number of hydrogen-bond acceptors (Lipinski definition) is 7. The van der Waals surface area contributed by atoms with Crippen molar-refractivity contribution in [3.05, 3.63) is 22.8 Å². The molecule has 0 atom stereocenters. The van der Waals surface area contributed by atoms with Crippen LogP contribution >= 0.6 is 0 Å². The van der Waals surface area contributed by atoms with Crippen LogP contribution in [-0.2, 0) is 25.0 Å². The van der Waals surface area contributed by atoms with Gasteiger partial charge in [0.25, 0.3) is 5.91 Å². The van der Waals surface area contributed by atoms with E-state index in [1.54, 1.807) is 0 Å². The van der Waals surface area contributed by atoms with Gasteiger partial charge in [-0.2, -0.15) is 181 Å². The summed E-state index contributed by atoms with van der Waals surface area (Å²) in [5, 5.41) is 1.05. The van der Waals surface area contributed by atoms with E-state index in [4.69, 9.17) is 0 Å². The highest BCUT2D eigenvalue weighted by atomic mass is 19.4. The maximum Gasteiger partial charge on any atom is 0.460 e. The van der Waals surface area contributed by atoms with E-state index < -0.39 is 159 Å². The molecule has 0 spiro atoms. The van der Waals surface area contributed by atoms with Crippen molar-refractivity contribution in [1.29, 1.82) is 0 Å². The van der Waals surface area contributed by atoms with E-state index in [9.17, 15) is 164 Å². The number of isocyanates is 2. The van der Waals surface area contributed by atoms with Gasteiger partial charge in [0.05, 0.1) is 11.1 Å². The third-order valence-corrected chi connectivity index (χ3v) is 9.91. The van der Waals surface area contributed by atoms with Crippen molar-refractivity contribution >= 4 is 35.4 Å². The summed E-state index contributed by atoms with van der Waals surface area (Å²) < 4.78 is 557. The van der Waals surface area contributed by atoms with Crippen molar-refractivity contribution in [2.24, 2.45) is 9.98 Å². The molecule has 1 aromatic carbocycles. The summed E-state index contributed by atoms with van der Waals surface area (Å²) in [4.78, 5) is 49.7. The molecule has 0 aliphatic carbocycles. The zero-order valence-corrected chi connectivity index (χ0v) is 35.5. The van der Waals surface area contributed by atoms with Crippen LogP contribution in [-0.4, -0.2) is 138 Å². The van der Waals surface area contributed by atoms with Crippen molar-refractivity contribution in [2.75, 3.05) is 6.73 Å². The Bertz CT molecular complexity index is 2610. The number of aryl methyl sites for hydroxylation is 1. The molecule has 0 unspecified atom stereocenters. The molecule has 456 valence electrons. The summed E-state index contributed by atoms with van der Waals surface area (Å²) in [6.07, 6.45) is -8.30. The van der Waals surface area contributed by atoms with Crippen LogP contribution in [0.5, 0.6) is 0 Å². The zero-order valence-electron chi connectivity index (χ0n) is 35.5. The first-order valence-corrected chi connectivity index (χ1v) is 17.8. The maximum atomic E-state index is 15.8. The lowest BCUT2D eigenvalue weighted by Crippen LogP contribution is -2.80. The van der Waals surface area contributed by atoms with Crippen molar-refractivity contribution in [3.63, 3.8) is 0 Å². The van der Waals surface area contributed by atoms with Crippen molar-refractivity contribution in [1.82, 2.24) is 5.32 Å². The Balaban J connectivity index is 4.37. The molecule has 79 heavy (non-hydrogen) atoms. The second-order valence-corrected chi connectivity index (χ2v) is 14.8. The monoisotopic (exact) mass is 1260 g/mol. The van der Waals surface area contributed by atoms with Gasteiger partial charge in [0, 0.05) is 6.92 Å². The van der Waals surface area contributed by atoms with Crippen LogP contribution < -0.4 is 5.32 Å². The molecule has 1 amide bonds. The van der Waals surface area contributed by atoms with Gasteiger partial charge in [-0.1, -0.05) is 0 Å². The van der Waals surface area contributed by atoms with Crippen molar-refractivity contribution < 1.29 is 195 Å². The third kappa shape index (κ3) is 9.05. The Labute approximate surface area is 402 Å². The molecular formula is C32H10F39N3O5. The van der Waals surface area contributed by atoms with Crippen LogP contribution in [0.15, 0.2) is 16.1 Å². The summed E-state index contributed by atoms with van der Waals surface area (Å²) in [6, 6.07) is -0.137. The summed E-state index contributed by atoms with van der Waals surface area (Å²) in [5.74, 6) is -185. The quantitative estimate of drug-likeness (QED) is 0.0385. The molecule has 0 radical (unpaired) electrons. The summed E-state index contributed by atoms with van der Waals surface area (Å²) >= 11 is 0. The number of alkyl halides is 39. The van der Waals surface area contributed by atoms with Gasteiger partial charge in [-0.05, 0) is 18.6 Å². The number of nitrogens with one attached hydrogen (secondary N) is 1. The Hall–Kier alpha value is -5.81. The number of carbonyl (C=O) groups excluding carboxylic acids is 4. The van der Waals surface area contributed by atoms with Crippen molar-refractivity contribution in [2.45, 2.75) is 127 Å². The smallest absolute Gasteiger partial charge is 0.445 e.